The molecule has 0 aromatic heterocycles. The second-order valence-corrected chi connectivity index (χ2v) is 3.90. The molecule has 17 heavy (non-hydrogen) atoms. The molecule has 0 fully saturated rings. The van der Waals surface area contributed by atoms with Gasteiger partial charge in [0.1, 0.15) is 5.54 Å². The first-order valence-electron chi connectivity index (χ1n) is 4.93. The molecule has 0 bridgehead atoms. The predicted molar refractivity (Wildman–Crippen MR) is 68.7 cm³/mol. The molecule has 4 nitrogen and oxygen atoms in total. The van der Waals surface area contributed by atoms with E-state index in [0.29, 0.717) is 17.9 Å². The SMILES string of the molecule is COc1ccc(C[C@](C)(N)C#N)cc1OC.Cl. The van der Waals surface area contributed by atoms with Gasteiger partial charge in [-0.05, 0) is 24.6 Å². The molecule has 94 valence electrons. The van der Waals surface area contributed by atoms with E-state index in [-0.39, 0.29) is 12.4 Å². The van der Waals surface area contributed by atoms with E-state index in [9.17, 15) is 0 Å². The van der Waals surface area contributed by atoms with Crippen molar-refractivity contribution in [2.75, 3.05) is 14.2 Å². The quantitative estimate of drug-likeness (QED) is 0.894. The van der Waals surface area contributed by atoms with E-state index < -0.39 is 5.54 Å². The Morgan fingerprint density at radius 1 is 1.29 bits per heavy atom. The van der Waals surface area contributed by atoms with Crippen molar-refractivity contribution < 1.29 is 9.47 Å². The maximum Gasteiger partial charge on any atom is 0.160 e. The summed E-state index contributed by atoms with van der Waals surface area (Å²) in [5.41, 5.74) is 5.86. The van der Waals surface area contributed by atoms with Gasteiger partial charge in [-0.25, -0.2) is 0 Å². The summed E-state index contributed by atoms with van der Waals surface area (Å²) in [6, 6.07) is 7.58. The Bertz CT molecular complexity index is 413. The lowest BCUT2D eigenvalue weighted by Gasteiger charge is -2.16. The van der Waals surface area contributed by atoms with Crippen LogP contribution in [0.1, 0.15) is 12.5 Å². The van der Waals surface area contributed by atoms with Crippen LogP contribution in [0.5, 0.6) is 11.5 Å². The van der Waals surface area contributed by atoms with E-state index in [2.05, 4.69) is 6.07 Å². The average Bonchev–Trinajstić information content (AvgIpc) is 2.28. The fourth-order valence-corrected chi connectivity index (χ4v) is 1.45. The Morgan fingerprint density at radius 2 is 1.88 bits per heavy atom. The fraction of sp³-hybridized carbons (Fsp3) is 0.417. The molecule has 0 saturated heterocycles. The average molecular weight is 257 g/mol. The molecule has 0 radical (unpaired) electrons. The molecule has 0 aliphatic heterocycles. The molecule has 1 aromatic carbocycles. The summed E-state index contributed by atoms with van der Waals surface area (Å²) >= 11 is 0. The summed E-state index contributed by atoms with van der Waals surface area (Å²) in [6.45, 7) is 1.70. The van der Waals surface area contributed by atoms with Gasteiger partial charge in [-0.2, -0.15) is 5.26 Å². The molecule has 0 aliphatic carbocycles. The molecular formula is C12H17ClN2O2. The van der Waals surface area contributed by atoms with Crippen molar-refractivity contribution in [3.8, 4) is 17.6 Å². The first-order chi connectivity index (χ1) is 7.52. The zero-order valence-electron chi connectivity index (χ0n) is 10.2. The molecule has 0 saturated carbocycles. The van der Waals surface area contributed by atoms with E-state index in [0.717, 1.165) is 5.56 Å². The van der Waals surface area contributed by atoms with Gasteiger partial charge >= 0.3 is 0 Å². The Balaban J connectivity index is 0.00000256. The topological polar surface area (TPSA) is 68.3 Å². The van der Waals surface area contributed by atoms with Gasteiger partial charge in [0.15, 0.2) is 11.5 Å². The number of benzene rings is 1. The van der Waals surface area contributed by atoms with Gasteiger partial charge < -0.3 is 15.2 Å². The van der Waals surface area contributed by atoms with Gasteiger partial charge in [-0.3, -0.25) is 0 Å². The molecule has 0 amide bonds. The summed E-state index contributed by atoms with van der Waals surface area (Å²) in [4.78, 5) is 0. The summed E-state index contributed by atoms with van der Waals surface area (Å²) in [7, 11) is 3.16. The molecule has 5 heteroatoms. The van der Waals surface area contributed by atoms with Crippen LogP contribution >= 0.6 is 12.4 Å². The third-order valence-electron chi connectivity index (χ3n) is 2.27. The highest BCUT2D eigenvalue weighted by atomic mass is 35.5. The lowest BCUT2D eigenvalue weighted by Crippen LogP contribution is -2.36. The third kappa shape index (κ3) is 4.14. The smallest absolute Gasteiger partial charge is 0.160 e. The highest BCUT2D eigenvalue weighted by molar-refractivity contribution is 5.85. The number of hydrogen-bond acceptors (Lipinski definition) is 4. The number of nitrogens with two attached hydrogens (primary N) is 1. The number of halogens is 1. The molecule has 1 aromatic rings. The molecular weight excluding hydrogens is 240 g/mol. The second kappa shape index (κ2) is 6.33. The lowest BCUT2D eigenvalue weighted by molar-refractivity contribution is 0.354. The van der Waals surface area contributed by atoms with E-state index >= 15 is 0 Å². The molecule has 1 rings (SSSR count). The number of methoxy groups -OCH3 is 2. The molecule has 0 aliphatic rings. The monoisotopic (exact) mass is 256 g/mol. The fourth-order valence-electron chi connectivity index (χ4n) is 1.45. The Hall–Kier alpha value is -1.44. The number of nitrogens with zero attached hydrogens (tertiary/aromatic N) is 1. The van der Waals surface area contributed by atoms with Crippen molar-refractivity contribution in [1.82, 2.24) is 0 Å². The molecule has 0 heterocycles. The first-order valence-corrected chi connectivity index (χ1v) is 4.93. The largest absolute Gasteiger partial charge is 0.493 e. The Morgan fingerprint density at radius 3 is 2.35 bits per heavy atom. The third-order valence-corrected chi connectivity index (χ3v) is 2.27. The van der Waals surface area contributed by atoms with Crippen LogP contribution in [0.25, 0.3) is 0 Å². The summed E-state index contributed by atoms with van der Waals surface area (Å²) in [6.07, 6.45) is 0.476. The highest BCUT2D eigenvalue weighted by Gasteiger charge is 2.18. The minimum atomic E-state index is -0.862. The van der Waals surface area contributed by atoms with E-state index in [1.54, 1.807) is 21.1 Å². The van der Waals surface area contributed by atoms with Crippen molar-refractivity contribution in [2.24, 2.45) is 5.73 Å². The van der Waals surface area contributed by atoms with Crippen molar-refractivity contribution in [1.29, 1.82) is 5.26 Å². The van der Waals surface area contributed by atoms with Crippen molar-refractivity contribution >= 4 is 12.4 Å². The molecule has 2 N–H and O–H groups in total. The van der Waals surface area contributed by atoms with Crippen molar-refractivity contribution in [3.05, 3.63) is 23.8 Å². The van der Waals surface area contributed by atoms with Gasteiger partial charge in [0.25, 0.3) is 0 Å². The zero-order chi connectivity index (χ0) is 12.2. The van der Waals surface area contributed by atoms with Crippen LogP contribution in [0, 0.1) is 11.3 Å². The lowest BCUT2D eigenvalue weighted by atomic mass is 9.95. The Labute approximate surface area is 108 Å². The van der Waals surface area contributed by atoms with Crippen LogP contribution in [0.2, 0.25) is 0 Å². The van der Waals surface area contributed by atoms with Gasteiger partial charge in [-0.1, -0.05) is 6.07 Å². The number of ether oxygens (including phenoxy) is 2. The summed E-state index contributed by atoms with van der Waals surface area (Å²) < 4.78 is 10.3. The summed E-state index contributed by atoms with van der Waals surface area (Å²) in [5, 5.41) is 8.85. The minimum Gasteiger partial charge on any atom is -0.493 e. The minimum absolute atomic E-state index is 0. The van der Waals surface area contributed by atoms with Gasteiger partial charge in [0, 0.05) is 6.42 Å². The predicted octanol–water partition coefficient (Wildman–Crippen LogP) is 1.91. The second-order valence-electron chi connectivity index (χ2n) is 3.90. The van der Waals surface area contributed by atoms with E-state index in [1.165, 1.54) is 0 Å². The van der Waals surface area contributed by atoms with Gasteiger partial charge in [-0.15, -0.1) is 12.4 Å². The van der Waals surface area contributed by atoms with Crippen LogP contribution in [-0.4, -0.2) is 19.8 Å². The maximum absolute atomic E-state index is 8.85. The normalized spacial score (nSPS) is 12.9. The number of rotatable bonds is 4. The molecule has 0 unspecified atom stereocenters. The van der Waals surface area contributed by atoms with E-state index in [4.69, 9.17) is 20.5 Å². The zero-order valence-corrected chi connectivity index (χ0v) is 11.0. The van der Waals surface area contributed by atoms with Gasteiger partial charge in [0.05, 0.1) is 20.3 Å². The Kier molecular flexibility index (Phi) is 5.80. The van der Waals surface area contributed by atoms with Crippen LogP contribution < -0.4 is 15.2 Å². The van der Waals surface area contributed by atoms with Crippen LogP contribution in [-0.2, 0) is 6.42 Å². The van der Waals surface area contributed by atoms with Crippen molar-refractivity contribution in [2.45, 2.75) is 18.9 Å². The van der Waals surface area contributed by atoms with Crippen LogP contribution in [0.3, 0.4) is 0 Å². The van der Waals surface area contributed by atoms with Crippen molar-refractivity contribution in [3.63, 3.8) is 0 Å². The maximum atomic E-state index is 8.85. The van der Waals surface area contributed by atoms with E-state index in [1.807, 2.05) is 18.2 Å². The van der Waals surface area contributed by atoms with Crippen LogP contribution in [0.15, 0.2) is 18.2 Å². The first kappa shape index (κ1) is 15.6. The summed E-state index contributed by atoms with van der Waals surface area (Å²) in [5.74, 6) is 1.32. The molecule has 0 spiro atoms. The van der Waals surface area contributed by atoms with Crippen LogP contribution in [0.4, 0.5) is 0 Å². The number of nitriles is 1. The highest BCUT2D eigenvalue weighted by Crippen LogP contribution is 2.28. The standard InChI is InChI=1S/C12H16N2O2.ClH/c1-12(14,8-13)7-9-4-5-10(15-2)11(6-9)16-3;/h4-6H,7,14H2,1-3H3;1H/t12-;/m0./s1. The number of hydrogen-bond donors (Lipinski definition) is 1. The van der Waals surface area contributed by atoms with Gasteiger partial charge in [0.2, 0.25) is 0 Å². The molecule has 1 atom stereocenters.